The maximum Gasteiger partial charge on any atom is 0.277 e. The fourth-order valence-corrected chi connectivity index (χ4v) is 4.21. The van der Waals surface area contributed by atoms with Gasteiger partial charge in [-0.3, -0.25) is 9.69 Å². The quantitative estimate of drug-likeness (QED) is 0.524. The average molecular weight is 423 g/mol. The predicted molar refractivity (Wildman–Crippen MR) is 107 cm³/mol. The van der Waals surface area contributed by atoms with Crippen LogP contribution in [0, 0.1) is 0 Å². The van der Waals surface area contributed by atoms with E-state index in [1.54, 1.807) is 0 Å². The van der Waals surface area contributed by atoms with E-state index in [1.165, 1.54) is 19.3 Å². The summed E-state index contributed by atoms with van der Waals surface area (Å²) in [6, 6.07) is 6.05. The van der Waals surface area contributed by atoms with Crippen molar-refractivity contribution >= 4 is 45.2 Å². The number of benzene rings is 1. The molecule has 0 N–H and O–H groups in total. The van der Waals surface area contributed by atoms with Gasteiger partial charge in [-0.2, -0.15) is 0 Å². The summed E-state index contributed by atoms with van der Waals surface area (Å²) in [5.41, 5.74) is 1.48. The van der Waals surface area contributed by atoms with E-state index in [-0.39, 0.29) is 11.9 Å². The van der Waals surface area contributed by atoms with Crippen molar-refractivity contribution < 1.29 is 9.53 Å². The van der Waals surface area contributed by atoms with Crippen molar-refractivity contribution in [2.45, 2.75) is 45.1 Å². The third kappa shape index (κ3) is 3.75. The summed E-state index contributed by atoms with van der Waals surface area (Å²) in [7, 11) is 1.87. The second kappa shape index (κ2) is 7.87. The fraction of sp³-hybridized carbons (Fsp3) is 0.474. The number of likely N-dealkylation sites (N-methyl/N-ethyl adjacent to an activating group) is 1. The summed E-state index contributed by atoms with van der Waals surface area (Å²) < 4.78 is 6.65. The first kappa shape index (κ1) is 18.4. The van der Waals surface area contributed by atoms with Crippen molar-refractivity contribution in [2.24, 2.45) is 0 Å². The molecule has 3 rings (SSSR count). The number of carbonyl (C=O) groups excluding carboxylic acids is 1. The van der Waals surface area contributed by atoms with Gasteiger partial charge in [0.05, 0.1) is 6.61 Å². The molecule has 1 amide bonds. The molecule has 4 nitrogen and oxygen atoms in total. The first-order valence-corrected chi connectivity index (χ1v) is 9.98. The van der Waals surface area contributed by atoms with Crippen molar-refractivity contribution in [3.8, 4) is 5.75 Å². The summed E-state index contributed by atoms with van der Waals surface area (Å²) in [6.07, 6.45) is 7.54. The first-order valence-electron chi connectivity index (χ1n) is 8.78. The van der Waals surface area contributed by atoms with E-state index in [9.17, 15) is 4.79 Å². The maximum atomic E-state index is 13.1. The normalized spacial score (nSPS) is 20.7. The average Bonchev–Trinajstić information content (AvgIpc) is 2.82. The minimum absolute atomic E-state index is 0.00169. The largest absolute Gasteiger partial charge is 0.493 e. The molecule has 25 heavy (non-hydrogen) atoms. The highest BCUT2D eigenvalue weighted by molar-refractivity contribution is 9.10. The molecule has 6 heteroatoms. The van der Waals surface area contributed by atoms with Crippen molar-refractivity contribution in [3.05, 3.63) is 33.9 Å². The third-order valence-electron chi connectivity index (χ3n) is 4.80. The molecule has 1 saturated heterocycles. The monoisotopic (exact) mass is 422 g/mol. The van der Waals surface area contributed by atoms with E-state index < -0.39 is 0 Å². The number of carbonyl (C=O) groups is 1. The summed E-state index contributed by atoms with van der Waals surface area (Å²) >= 11 is 9.07. The van der Waals surface area contributed by atoms with E-state index in [4.69, 9.17) is 17.0 Å². The van der Waals surface area contributed by atoms with Crippen molar-refractivity contribution in [1.29, 1.82) is 0 Å². The van der Waals surface area contributed by atoms with E-state index in [0.717, 1.165) is 28.6 Å². The van der Waals surface area contributed by atoms with Crippen LogP contribution in [-0.4, -0.2) is 40.5 Å². The molecular weight excluding hydrogens is 400 g/mol. The molecule has 1 aliphatic heterocycles. The first-order chi connectivity index (χ1) is 12.0. The van der Waals surface area contributed by atoms with Gasteiger partial charge in [0, 0.05) is 23.1 Å². The lowest BCUT2D eigenvalue weighted by atomic mass is 9.94. The number of nitrogens with zero attached hydrogens (tertiary/aromatic N) is 2. The standard InChI is InChI=1S/C19H23BrN2O2S/c1-3-24-17-10-9-14(20)11-13(17)12-16-18(23)22(19(25)21(16)2)15-7-5-4-6-8-15/h9-12,15H,3-8H2,1-2H3. The molecule has 0 radical (unpaired) electrons. The zero-order chi connectivity index (χ0) is 18.0. The van der Waals surface area contributed by atoms with Crippen LogP contribution in [0.2, 0.25) is 0 Å². The Bertz CT molecular complexity index is 713. The van der Waals surface area contributed by atoms with Gasteiger partial charge in [0.25, 0.3) is 5.91 Å². The predicted octanol–water partition coefficient (Wildman–Crippen LogP) is 4.58. The van der Waals surface area contributed by atoms with Crippen LogP contribution in [0.5, 0.6) is 5.75 Å². The molecule has 2 aliphatic rings. The molecule has 1 aromatic rings. The number of ether oxygens (including phenoxy) is 1. The van der Waals surface area contributed by atoms with Gasteiger partial charge >= 0.3 is 0 Å². The van der Waals surface area contributed by atoms with Crippen LogP contribution in [0.25, 0.3) is 6.08 Å². The van der Waals surface area contributed by atoms with Gasteiger partial charge in [-0.15, -0.1) is 0 Å². The van der Waals surface area contributed by atoms with Crippen LogP contribution >= 0.6 is 28.1 Å². The SMILES string of the molecule is CCOc1ccc(Br)cc1C=C1C(=O)N(C2CCCCC2)C(=S)N1C. The molecule has 1 heterocycles. The molecule has 0 spiro atoms. The Morgan fingerprint density at radius 1 is 1.32 bits per heavy atom. The Morgan fingerprint density at radius 2 is 2.04 bits per heavy atom. The molecule has 1 saturated carbocycles. The van der Waals surface area contributed by atoms with Gasteiger partial charge in [-0.1, -0.05) is 35.2 Å². The summed E-state index contributed by atoms with van der Waals surface area (Å²) in [6.45, 7) is 2.53. The Hall–Kier alpha value is -1.40. The highest BCUT2D eigenvalue weighted by atomic mass is 79.9. The van der Waals surface area contributed by atoms with Crippen LogP contribution < -0.4 is 4.74 Å². The lowest BCUT2D eigenvalue weighted by Crippen LogP contribution is -2.41. The lowest BCUT2D eigenvalue weighted by molar-refractivity contribution is -0.124. The molecule has 0 atom stereocenters. The number of hydrogen-bond donors (Lipinski definition) is 0. The van der Waals surface area contributed by atoms with E-state index in [1.807, 2.05) is 48.0 Å². The van der Waals surface area contributed by atoms with Crippen molar-refractivity contribution in [3.63, 3.8) is 0 Å². The molecule has 0 bridgehead atoms. The van der Waals surface area contributed by atoms with Crippen molar-refractivity contribution in [2.75, 3.05) is 13.7 Å². The van der Waals surface area contributed by atoms with Gasteiger partial charge < -0.3 is 9.64 Å². The summed E-state index contributed by atoms with van der Waals surface area (Å²) in [4.78, 5) is 16.7. The van der Waals surface area contributed by atoms with Gasteiger partial charge in [0.2, 0.25) is 0 Å². The molecule has 134 valence electrons. The van der Waals surface area contributed by atoms with Crippen LogP contribution in [0.15, 0.2) is 28.4 Å². The second-order valence-electron chi connectivity index (χ2n) is 6.45. The third-order valence-corrected chi connectivity index (χ3v) is 5.76. The highest BCUT2D eigenvalue weighted by Gasteiger charge is 2.40. The van der Waals surface area contributed by atoms with E-state index >= 15 is 0 Å². The van der Waals surface area contributed by atoms with Gasteiger partial charge in [0.15, 0.2) is 5.11 Å². The lowest BCUT2D eigenvalue weighted by Gasteiger charge is -2.30. The Labute approximate surface area is 162 Å². The summed E-state index contributed by atoms with van der Waals surface area (Å²) in [5.74, 6) is 0.767. The van der Waals surface area contributed by atoms with Crippen molar-refractivity contribution in [1.82, 2.24) is 9.80 Å². The number of amides is 1. The van der Waals surface area contributed by atoms with Gasteiger partial charge in [0.1, 0.15) is 11.4 Å². The zero-order valence-electron chi connectivity index (χ0n) is 14.6. The number of hydrogen-bond acceptors (Lipinski definition) is 3. The Morgan fingerprint density at radius 3 is 2.72 bits per heavy atom. The fourth-order valence-electron chi connectivity index (χ4n) is 3.50. The van der Waals surface area contributed by atoms with E-state index in [0.29, 0.717) is 17.4 Å². The van der Waals surface area contributed by atoms with Gasteiger partial charge in [-0.25, -0.2) is 0 Å². The Balaban J connectivity index is 1.94. The summed E-state index contributed by atoms with van der Waals surface area (Å²) in [5, 5.41) is 0.608. The molecule has 0 unspecified atom stereocenters. The molecule has 2 fully saturated rings. The van der Waals surface area contributed by atoms with Crippen LogP contribution in [0.3, 0.4) is 0 Å². The molecule has 1 aromatic carbocycles. The molecule has 0 aromatic heterocycles. The number of thiocarbonyl (C=S) groups is 1. The van der Waals surface area contributed by atoms with Crippen LogP contribution in [0.4, 0.5) is 0 Å². The minimum Gasteiger partial charge on any atom is -0.493 e. The molecular formula is C19H23BrN2O2S. The number of rotatable bonds is 4. The maximum absolute atomic E-state index is 13.1. The van der Waals surface area contributed by atoms with Gasteiger partial charge in [-0.05, 0) is 56.3 Å². The topological polar surface area (TPSA) is 32.8 Å². The van der Waals surface area contributed by atoms with Crippen LogP contribution in [0.1, 0.15) is 44.6 Å². The second-order valence-corrected chi connectivity index (χ2v) is 7.73. The Kier molecular flexibility index (Phi) is 5.79. The zero-order valence-corrected chi connectivity index (χ0v) is 17.0. The van der Waals surface area contributed by atoms with E-state index in [2.05, 4.69) is 15.9 Å². The highest BCUT2D eigenvalue weighted by Crippen LogP contribution is 2.32. The van der Waals surface area contributed by atoms with Crippen LogP contribution in [-0.2, 0) is 4.79 Å². The number of halogens is 1. The smallest absolute Gasteiger partial charge is 0.277 e. The molecule has 1 aliphatic carbocycles. The minimum atomic E-state index is 0.00169.